The van der Waals surface area contributed by atoms with Crippen LogP contribution in [0.5, 0.6) is 17.2 Å². The fourth-order valence-corrected chi connectivity index (χ4v) is 2.38. The standard InChI is InChI=1S/C20H22F3NO4/c1-3-27-15-7-9-16(10-8-15)28-18-11-6-14(20(21,22)23)13-17(18)24-19(25)5-4-12-26-2/h6-11,13H,3-5,12H2,1-2H3,(H,24,25). The van der Waals surface area contributed by atoms with Gasteiger partial charge in [-0.1, -0.05) is 0 Å². The number of benzene rings is 2. The molecule has 0 aliphatic rings. The van der Waals surface area contributed by atoms with E-state index in [-0.39, 0.29) is 17.9 Å². The first-order valence-corrected chi connectivity index (χ1v) is 8.74. The molecule has 2 rings (SSSR count). The Morgan fingerprint density at radius 1 is 1.07 bits per heavy atom. The van der Waals surface area contributed by atoms with Crippen molar-refractivity contribution in [2.45, 2.75) is 25.9 Å². The van der Waals surface area contributed by atoms with Crippen molar-refractivity contribution in [2.75, 3.05) is 25.6 Å². The first kappa shape index (κ1) is 21.6. The summed E-state index contributed by atoms with van der Waals surface area (Å²) in [5.41, 5.74) is -0.926. The van der Waals surface area contributed by atoms with Crippen LogP contribution in [0.4, 0.5) is 18.9 Å². The van der Waals surface area contributed by atoms with Gasteiger partial charge in [-0.2, -0.15) is 13.2 Å². The fourth-order valence-electron chi connectivity index (χ4n) is 2.38. The van der Waals surface area contributed by atoms with Gasteiger partial charge in [-0.05, 0) is 55.8 Å². The average Bonchev–Trinajstić information content (AvgIpc) is 2.64. The monoisotopic (exact) mass is 397 g/mol. The molecule has 0 unspecified atom stereocenters. The number of methoxy groups -OCH3 is 1. The second-order valence-electron chi connectivity index (χ2n) is 5.86. The van der Waals surface area contributed by atoms with Gasteiger partial charge in [0.05, 0.1) is 17.9 Å². The van der Waals surface area contributed by atoms with Crippen LogP contribution in [-0.2, 0) is 15.7 Å². The molecule has 5 nitrogen and oxygen atoms in total. The quantitative estimate of drug-likeness (QED) is 0.587. The number of carbonyl (C=O) groups excluding carboxylic acids is 1. The van der Waals surface area contributed by atoms with Crippen molar-refractivity contribution in [2.24, 2.45) is 0 Å². The van der Waals surface area contributed by atoms with E-state index in [0.29, 0.717) is 31.1 Å². The molecule has 1 N–H and O–H groups in total. The smallest absolute Gasteiger partial charge is 0.416 e. The molecule has 0 aromatic heterocycles. The summed E-state index contributed by atoms with van der Waals surface area (Å²) in [5, 5.41) is 2.49. The molecule has 0 heterocycles. The van der Waals surface area contributed by atoms with Crippen LogP contribution in [0.3, 0.4) is 0 Å². The molecule has 8 heteroatoms. The molecule has 152 valence electrons. The van der Waals surface area contributed by atoms with Crippen LogP contribution < -0.4 is 14.8 Å². The second-order valence-corrected chi connectivity index (χ2v) is 5.86. The maximum atomic E-state index is 13.0. The lowest BCUT2D eigenvalue weighted by atomic mass is 10.1. The van der Waals surface area contributed by atoms with Crippen LogP contribution in [0.2, 0.25) is 0 Å². The molecule has 0 fully saturated rings. The molecule has 2 aromatic rings. The fraction of sp³-hybridized carbons (Fsp3) is 0.350. The zero-order valence-electron chi connectivity index (χ0n) is 15.6. The lowest BCUT2D eigenvalue weighted by Crippen LogP contribution is -2.14. The number of alkyl halides is 3. The molecule has 0 radical (unpaired) electrons. The number of ether oxygens (including phenoxy) is 3. The van der Waals surface area contributed by atoms with Crippen molar-refractivity contribution in [1.82, 2.24) is 0 Å². The third-order valence-corrected chi connectivity index (χ3v) is 3.70. The number of carbonyl (C=O) groups is 1. The van der Waals surface area contributed by atoms with Gasteiger partial charge in [-0.3, -0.25) is 4.79 Å². The Labute approximate surface area is 161 Å². The van der Waals surface area contributed by atoms with Gasteiger partial charge in [0.2, 0.25) is 5.91 Å². The highest BCUT2D eigenvalue weighted by molar-refractivity contribution is 5.92. The Kier molecular flexibility index (Phi) is 7.69. The normalized spacial score (nSPS) is 11.2. The molecule has 28 heavy (non-hydrogen) atoms. The van der Waals surface area contributed by atoms with Gasteiger partial charge in [0, 0.05) is 20.1 Å². The summed E-state index contributed by atoms with van der Waals surface area (Å²) in [4.78, 5) is 12.0. The number of hydrogen-bond acceptors (Lipinski definition) is 4. The molecular formula is C20H22F3NO4. The molecule has 0 aliphatic heterocycles. The maximum Gasteiger partial charge on any atom is 0.416 e. The summed E-state index contributed by atoms with van der Waals surface area (Å²) in [6.07, 6.45) is -3.96. The van der Waals surface area contributed by atoms with E-state index in [1.807, 2.05) is 6.92 Å². The summed E-state index contributed by atoms with van der Waals surface area (Å²) < 4.78 is 55.0. The molecule has 2 aromatic carbocycles. The first-order chi connectivity index (χ1) is 13.3. The summed E-state index contributed by atoms with van der Waals surface area (Å²) in [6, 6.07) is 9.59. The van der Waals surface area contributed by atoms with Gasteiger partial charge in [0.25, 0.3) is 0 Å². The molecule has 0 saturated carbocycles. The number of amides is 1. The maximum absolute atomic E-state index is 13.0. The van der Waals surface area contributed by atoms with E-state index in [1.54, 1.807) is 24.3 Å². The molecule has 0 atom stereocenters. The minimum Gasteiger partial charge on any atom is -0.494 e. The lowest BCUT2D eigenvalue weighted by Gasteiger charge is -2.15. The van der Waals surface area contributed by atoms with E-state index in [4.69, 9.17) is 14.2 Å². The topological polar surface area (TPSA) is 56.8 Å². The number of anilines is 1. The first-order valence-electron chi connectivity index (χ1n) is 8.74. The largest absolute Gasteiger partial charge is 0.494 e. The molecule has 0 bridgehead atoms. The van der Waals surface area contributed by atoms with Gasteiger partial charge < -0.3 is 19.5 Å². The van der Waals surface area contributed by atoms with E-state index in [2.05, 4.69) is 5.32 Å². The second kappa shape index (κ2) is 9.98. The predicted molar refractivity (Wildman–Crippen MR) is 98.9 cm³/mol. The van der Waals surface area contributed by atoms with Crippen LogP contribution in [0.1, 0.15) is 25.3 Å². The van der Waals surface area contributed by atoms with E-state index < -0.39 is 17.6 Å². The molecule has 1 amide bonds. The third kappa shape index (κ3) is 6.45. The highest BCUT2D eigenvalue weighted by Gasteiger charge is 2.31. The van der Waals surface area contributed by atoms with E-state index in [0.717, 1.165) is 12.1 Å². The highest BCUT2D eigenvalue weighted by Crippen LogP contribution is 2.37. The third-order valence-electron chi connectivity index (χ3n) is 3.70. The van der Waals surface area contributed by atoms with Crippen molar-refractivity contribution >= 4 is 11.6 Å². The Bertz CT molecular complexity index is 776. The summed E-state index contributed by atoms with van der Waals surface area (Å²) >= 11 is 0. The van der Waals surface area contributed by atoms with E-state index in [9.17, 15) is 18.0 Å². The minimum absolute atomic E-state index is 0.0499. The highest BCUT2D eigenvalue weighted by atomic mass is 19.4. The van der Waals surface area contributed by atoms with Gasteiger partial charge in [-0.25, -0.2) is 0 Å². The number of halogens is 3. The van der Waals surface area contributed by atoms with Crippen molar-refractivity contribution in [3.8, 4) is 17.2 Å². The Hall–Kier alpha value is -2.74. The predicted octanol–water partition coefficient (Wildman–Crippen LogP) is 5.26. The van der Waals surface area contributed by atoms with Crippen LogP contribution >= 0.6 is 0 Å². The SMILES string of the molecule is CCOc1ccc(Oc2ccc(C(F)(F)F)cc2NC(=O)CCCOC)cc1. The average molecular weight is 397 g/mol. The van der Waals surface area contributed by atoms with Crippen LogP contribution in [0.15, 0.2) is 42.5 Å². The summed E-state index contributed by atoms with van der Waals surface area (Å²) in [6.45, 7) is 2.75. The van der Waals surface area contributed by atoms with Gasteiger partial charge in [0.1, 0.15) is 11.5 Å². The van der Waals surface area contributed by atoms with Crippen molar-refractivity contribution < 1.29 is 32.2 Å². The van der Waals surface area contributed by atoms with Crippen molar-refractivity contribution in [3.63, 3.8) is 0 Å². The molecule has 0 spiro atoms. The summed E-state index contributed by atoms with van der Waals surface area (Å²) in [7, 11) is 1.51. The molecule has 0 saturated heterocycles. The van der Waals surface area contributed by atoms with Crippen LogP contribution in [-0.4, -0.2) is 26.2 Å². The zero-order valence-corrected chi connectivity index (χ0v) is 15.6. The Morgan fingerprint density at radius 2 is 1.75 bits per heavy atom. The summed E-state index contributed by atoms with van der Waals surface area (Å²) in [5.74, 6) is 0.734. The van der Waals surface area contributed by atoms with E-state index >= 15 is 0 Å². The van der Waals surface area contributed by atoms with Gasteiger partial charge >= 0.3 is 6.18 Å². The Morgan fingerprint density at radius 3 is 2.36 bits per heavy atom. The lowest BCUT2D eigenvalue weighted by molar-refractivity contribution is -0.137. The number of rotatable bonds is 9. The van der Waals surface area contributed by atoms with Gasteiger partial charge in [-0.15, -0.1) is 0 Å². The van der Waals surface area contributed by atoms with Crippen LogP contribution in [0.25, 0.3) is 0 Å². The molecule has 0 aliphatic carbocycles. The minimum atomic E-state index is -4.53. The Balaban J connectivity index is 2.22. The van der Waals surface area contributed by atoms with E-state index in [1.165, 1.54) is 13.2 Å². The number of hydrogen-bond donors (Lipinski definition) is 1. The van der Waals surface area contributed by atoms with Crippen molar-refractivity contribution in [3.05, 3.63) is 48.0 Å². The number of nitrogens with one attached hydrogen (secondary N) is 1. The van der Waals surface area contributed by atoms with Gasteiger partial charge in [0.15, 0.2) is 5.75 Å². The molecular weight excluding hydrogens is 375 g/mol. The van der Waals surface area contributed by atoms with Crippen LogP contribution in [0, 0.1) is 0 Å². The van der Waals surface area contributed by atoms with Crippen molar-refractivity contribution in [1.29, 1.82) is 0 Å². The zero-order chi connectivity index (χ0) is 20.6.